The number of hydrogen-bond donors (Lipinski definition) is 2. The highest BCUT2D eigenvalue weighted by Crippen LogP contribution is 2.20. The van der Waals surface area contributed by atoms with Crippen molar-refractivity contribution in [3.63, 3.8) is 0 Å². The maximum atomic E-state index is 12.1. The molecule has 0 fully saturated rings. The van der Waals surface area contributed by atoms with Crippen LogP contribution in [-0.2, 0) is 0 Å². The van der Waals surface area contributed by atoms with Crippen LogP contribution < -0.4 is 11.1 Å². The van der Waals surface area contributed by atoms with Gasteiger partial charge in [-0.1, -0.05) is 6.07 Å². The number of anilines is 1. The smallest absolute Gasteiger partial charge is 0.251 e. The van der Waals surface area contributed by atoms with Gasteiger partial charge in [0.05, 0.1) is 11.7 Å². The second-order valence-electron chi connectivity index (χ2n) is 4.19. The number of benzene rings is 1. The van der Waals surface area contributed by atoms with Gasteiger partial charge in [-0.3, -0.25) is 9.78 Å². The molecule has 4 nitrogen and oxygen atoms in total. The molecule has 2 rings (SSSR count). The molecule has 98 valence electrons. The molecule has 0 bridgehead atoms. The number of carbonyl (C=O) groups is 1. The molecule has 5 heteroatoms. The van der Waals surface area contributed by atoms with Crippen molar-refractivity contribution in [1.82, 2.24) is 10.3 Å². The molecule has 0 saturated carbocycles. The molecule has 1 atom stereocenters. The van der Waals surface area contributed by atoms with E-state index in [0.717, 1.165) is 10.2 Å². The quantitative estimate of drug-likeness (QED) is 0.855. The first-order valence-corrected chi connectivity index (χ1v) is 6.64. The van der Waals surface area contributed by atoms with Crippen LogP contribution in [0.2, 0.25) is 0 Å². The number of hydrogen-bond acceptors (Lipinski definition) is 3. The van der Waals surface area contributed by atoms with Gasteiger partial charge in [0, 0.05) is 21.9 Å². The van der Waals surface area contributed by atoms with Crippen LogP contribution in [0.25, 0.3) is 0 Å². The van der Waals surface area contributed by atoms with E-state index in [9.17, 15) is 4.79 Å². The molecule has 19 heavy (non-hydrogen) atoms. The number of carbonyl (C=O) groups excluding carboxylic acids is 1. The molecule has 1 unspecified atom stereocenters. The maximum absolute atomic E-state index is 12.1. The summed E-state index contributed by atoms with van der Waals surface area (Å²) in [6.07, 6.45) is 1.70. The Morgan fingerprint density at radius 3 is 2.79 bits per heavy atom. The SMILES string of the molecule is CC(NC(=O)c1ccc(Br)c(N)c1)c1ccccn1. The van der Waals surface area contributed by atoms with E-state index in [1.54, 1.807) is 24.4 Å². The van der Waals surface area contributed by atoms with Crippen molar-refractivity contribution in [3.8, 4) is 0 Å². The topological polar surface area (TPSA) is 68.0 Å². The number of nitrogens with zero attached hydrogens (tertiary/aromatic N) is 1. The molecule has 1 heterocycles. The predicted octanol–water partition coefficient (Wildman–Crippen LogP) is 2.92. The first-order chi connectivity index (χ1) is 9.08. The average Bonchev–Trinajstić information content (AvgIpc) is 2.42. The van der Waals surface area contributed by atoms with Crippen molar-refractivity contribution in [2.24, 2.45) is 0 Å². The zero-order valence-electron chi connectivity index (χ0n) is 10.4. The Labute approximate surface area is 120 Å². The standard InChI is InChI=1S/C14H14BrN3O/c1-9(13-4-2-3-7-17-13)18-14(19)10-5-6-11(15)12(16)8-10/h2-9H,16H2,1H3,(H,18,19). The molecular weight excluding hydrogens is 306 g/mol. The summed E-state index contributed by atoms with van der Waals surface area (Å²) in [5.74, 6) is -0.169. The van der Waals surface area contributed by atoms with Gasteiger partial charge in [-0.2, -0.15) is 0 Å². The van der Waals surface area contributed by atoms with Gasteiger partial charge in [-0.25, -0.2) is 0 Å². The summed E-state index contributed by atoms with van der Waals surface area (Å²) in [6.45, 7) is 1.89. The number of pyridine rings is 1. The lowest BCUT2D eigenvalue weighted by atomic mass is 10.1. The molecule has 0 aliphatic heterocycles. The molecule has 1 amide bonds. The fourth-order valence-electron chi connectivity index (χ4n) is 1.67. The molecule has 0 radical (unpaired) electrons. The van der Waals surface area contributed by atoms with Crippen molar-refractivity contribution >= 4 is 27.5 Å². The molecule has 0 aliphatic rings. The lowest BCUT2D eigenvalue weighted by molar-refractivity contribution is 0.0939. The lowest BCUT2D eigenvalue weighted by Crippen LogP contribution is -2.27. The summed E-state index contributed by atoms with van der Waals surface area (Å²) in [4.78, 5) is 16.3. The minimum Gasteiger partial charge on any atom is -0.398 e. The summed E-state index contributed by atoms with van der Waals surface area (Å²) in [6, 6.07) is 10.6. The molecule has 0 saturated heterocycles. The fraction of sp³-hybridized carbons (Fsp3) is 0.143. The molecule has 3 N–H and O–H groups in total. The van der Waals surface area contributed by atoms with Gasteiger partial charge in [0.25, 0.3) is 5.91 Å². The lowest BCUT2D eigenvalue weighted by Gasteiger charge is -2.13. The molecular formula is C14H14BrN3O. The molecule has 1 aromatic carbocycles. The molecule has 2 aromatic rings. The van der Waals surface area contributed by atoms with Crippen molar-refractivity contribution in [3.05, 3.63) is 58.3 Å². The number of nitrogen functional groups attached to an aromatic ring is 1. The van der Waals surface area contributed by atoms with Gasteiger partial charge in [-0.15, -0.1) is 0 Å². The zero-order valence-corrected chi connectivity index (χ0v) is 12.0. The normalized spacial score (nSPS) is 11.9. The highest BCUT2D eigenvalue weighted by Gasteiger charge is 2.12. The van der Waals surface area contributed by atoms with Crippen LogP contribution in [0.3, 0.4) is 0 Å². The summed E-state index contributed by atoms with van der Waals surface area (Å²) in [5, 5.41) is 2.89. The minimum absolute atomic E-state index is 0.154. The largest absolute Gasteiger partial charge is 0.398 e. The van der Waals surface area contributed by atoms with Crippen molar-refractivity contribution in [2.75, 3.05) is 5.73 Å². The number of rotatable bonds is 3. The third-order valence-electron chi connectivity index (χ3n) is 2.74. The first-order valence-electron chi connectivity index (χ1n) is 5.84. The average molecular weight is 320 g/mol. The van der Waals surface area contributed by atoms with E-state index >= 15 is 0 Å². The predicted molar refractivity (Wildman–Crippen MR) is 78.7 cm³/mol. The fourth-order valence-corrected chi connectivity index (χ4v) is 1.92. The van der Waals surface area contributed by atoms with E-state index in [-0.39, 0.29) is 11.9 Å². The Morgan fingerprint density at radius 2 is 2.16 bits per heavy atom. The van der Waals surface area contributed by atoms with Gasteiger partial charge in [0.1, 0.15) is 0 Å². The molecule has 0 aliphatic carbocycles. The van der Waals surface area contributed by atoms with E-state index in [4.69, 9.17) is 5.73 Å². The van der Waals surface area contributed by atoms with E-state index in [1.807, 2.05) is 25.1 Å². The van der Waals surface area contributed by atoms with Gasteiger partial charge in [0.2, 0.25) is 0 Å². The van der Waals surface area contributed by atoms with E-state index in [1.165, 1.54) is 0 Å². The van der Waals surface area contributed by atoms with Crippen LogP contribution in [0.15, 0.2) is 47.1 Å². The van der Waals surface area contributed by atoms with Gasteiger partial charge < -0.3 is 11.1 Å². The number of halogens is 1. The molecule has 0 spiro atoms. The van der Waals surface area contributed by atoms with Crippen LogP contribution in [-0.4, -0.2) is 10.9 Å². The Balaban J connectivity index is 2.11. The number of aromatic nitrogens is 1. The van der Waals surface area contributed by atoms with Crippen LogP contribution >= 0.6 is 15.9 Å². The molecule has 1 aromatic heterocycles. The monoisotopic (exact) mass is 319 g/mol. The van der Waals surface area contributed by atoms with E-state index < -0.39 is 0 Å². The van der Waals surface area contributed by atoms with Crippen molar-refractivity contribution in [2.45, 2.75) is 13.0 Å². The highest BCUT2D eigenvalue weighted by atomic mass is 79.9. The van der Waals surface area contributed by atoms with Crippen LogP contribution in [0, 0.1) is 0 Å². The number of nitrogens with two attached hydrogens (primary N) is 1. The van der Waals surface area contributed by atoms with Gasteiger partial charge in [-0.05, 0) is 53.2 Å². The van der Waals surface area contributed by atoms with E-state index in [2.05, 4.69) is 26.2 Å². The zero-order chi connectivity index (χ0) is 13.8. The second kappa shape index (κ2) is 5.84. The van der Waals surface area contributed by atoms with Crippen molar-refractivity contribution < 1.29 is 4.79 Å². The Bertz CT molecular complexity index is 586. The van der Waals surface area contributed by atoms with E-state index in [0.29, 0.717) is 11.3 Å². The van der Waals surface area contributed by atoms with Crippen molar-refractivity contribution in [1.29, 1.82) is 0 Å². The number of nitrogens with one attached hydrogen (secondary N) is 1. The Hall–Kier alpha value is -1.88. The van der Waals surface area contributed by atoms with Gasteiger partial charge >= 0.3 is 0 Å². The Kier molecular flexibility index (Phi) is 4.16. The number of amides is 1. The maximum Gasteiger partial charge on any atom is 0.251 e. The summed E-state index contributed by atoms with van der Waals surface area (Å²) in [5.41, 5.74) is 7.65. The van der Waals surface area contributed by atoms with Gasteiger partial charge in [0.15, 0.2) is 0 Å². The van der Waals surface area contributed by atoms with Crippen LogP contribution in [0.1, 0.15) is 29.0 Å². The minimum atomic E-state index is -0.169. The van der Waals surface area contributed by atoms with Crippen LogP contribution in [0.4, 0.5) is 5.69 Å². The summed E-state index contributed by atoms with van der Waals surface area (Å²) < 4.78 is 0.779. The summed E-state index contributed by atoms with van der Waals surface area (Å²) in [7, 11) is 0. The first kappa shape index (κ1) is 13.5. The summed E-state index contributed by atoms with van der Waals surface area (Å²) >= 11 is 3.30. The third-order valence-corrected chi connectivity index (χ3v) is 3.46. The second-order valence-corrected chi connectivity index (χ2v) is 5.04. The Morgan fingerprint density at radius 1 is 1.37 bits per heavy atom. The highest BCUT2D eigenvalue weighted by molar-refractivity contribution is 9.10. The van der Waals surface area contributed by atoms with Crippen LogP contribution in [0.5, 0.6) is 0 Å². The third kappa shape index (κ3) is 3.32.